The normalized spacial score (nSPS) is 12.9. The maximum Gasteiger partial charge on any atom is 0.137 e. The van der Waals surface area contributed by atoms with E-state index in [2.05, 4.69) is 223 Å². The maximum absolute atomic E-state index is 6.51. The van der Waals surface area contributed by atoms with Gasteiger partial charge in [0.1, 0.15) is 11.2 Å². The molecule has 12 rings (SSSR count). The second-order valence-corrected chi connectivity index (χ2v) is 15.6. The van der Waals surface area contributed by atoms with Gasteiger partial charge in [-0.1, -0.05) is 170 Å². The van der Waals surface area contributed by atoms with Crippen LogP contribution in [0.4, 0.5) is 17.1 Å². The van der Waals surface area contributed by atoms with Crippen LogP contribution in [-0.4, -0.2) is 0 Å². The van der Waals surface area contributed by atoms with E-state index in [0.29, 0.717) is 0 Å². The molecule has 0 spiro atoms. The van der Waals surface area contributed by atoms with Crippen molar-refractivity contribution >= 4 is 60.5 Å². The van der Waals surface area contributed by atoms with Gasteiger partial charge in [-0.3, -0.25) is 0 Å². The molecule has 59 heavy (non-hydrogen) atoms. The molecule has 10 aromatic carbocycles. The summed E-state index contributed by atoms with van der Waals surface area (Å²) in [6.07, 6.45) is 0. The van der Waals surface area contributed by atoms with Crippen LogP contribution in [0, 0.1) is 0 Å². The second-order valence-electron chi connectivity index (χ2n) is 15.6. The predicted molar refractivity (Wildman–Crippen MR) is 246 cm³/mol. The number of anilines is 3. The molecule has 0 atom stereocenters. The molecule has 276 valence electrons. The minimum atomic E-state index is -0.521. The van der Waals surface area contributed by atoms with Crippen LogP contribution in [0.2, 0.25) is 0 Å². The van der Waals surface area contributed by atoms with Crippen LogP contribution >= 0.6 is 0 Å². The number of para-hydroxylation sites is 1. The van der Waals surface area contributed by atoms with Crippen molar-refractivity contribution in [2.24, 2.45) is 0 Å². The quantitative estimate of drug-likeness (QED) is 0.168. The van der Waals surface area contributed by atoms with E-state index in [9.17, 15) is 0 Å². The number of benzene rings is 10. The topological polar surface area (TPSA) is 16.4 Å². The first-order chi connectivity index (χ1) is 29.2. The van der Waals surface area contributed by atoms with E-state index in [0.717, 1.165) is 39.0 Å². The average Bonchev–Trinajstić information content (AvgIpc) is 3.84. The fraction of sp³-hybridized carbons (Fsp3) is 0.0175. The molecular weight excluding hydrogens is 715 g/mol. The first kappa shape index (κ1) is 33.5. The predicted octanol–water partition coefficient (Wildman–Crippen LogP) is 15.4. The van der Waals surface area contributed by atoms with Crippen LogP contribution in [0.5, 0.6) is 0 Å². The van der Waals surface area contributed by atoms with Gasteiger partial charge in [-0.2, -0.15) is 0 Å². The van der Waals surface area contributed by atoms with Crippen molar-refractivity contribution < 1.29 is 4.42 Å². The number of rotatable bonds is 6. The minimum Gasteiger partial charge on any atom is -0.456 e. The monoisotopic (exact) mass is 751 g/mol. The zero-order chi connectivity index (χ0) is 38.9. The van der Waals surface area contributed by atoms with E-state index in [4.69, 9.17) is 4.42 Å². The Bertz CT molecular complexity index is 3360. The molecule has 2 nitrogen and oxygen atoms in total. The molecule has 0 fully saturated rings. The Balaban J connectivity index is 1.10. The Hall–Kier alpha value is -7.68. The van der Waals surface area contributed by atoms with Gasteiger partial charge < -0.3 is 9.32 Å². The lowest BCUT2D eigenvalue weighted by atomic mass is 9.67. The fourth-order valence-corrected chi connectivity index (χ4v) is 9.86. The Labute approximate surface area is 342 Å². The lowest BCUT2D eigenvalue weighted by Crippen LogP contribution is -2.28. The lowest BCUT2D eigenvalue weighted by molar-refractivity contribution is 0.669. The Kier molecular flexibility index (Phi) is 7.48. The third kappa shape index (κ3) is 5.13. The molecule has 2 heteroatoms. The summed E-state index contributed by atoms with van der Waals surface area (Å²) in [5, 5.41) is 7.07. The highest BCUT2D eigenvalue weighted by atomic mass is 16.3. The van der Waals surface area contributed by atoms with Gasteiger partial charge >= 0.3 is 0 Å². The molecule has 1 heterocycles. The molecule has 0 unspecified atom stereocenters. The largest absolute Gasteiger partial charge is 0.456 e. The molecule has 0 aliphatic heterocycles. The van der Waals surface area contributed by atoms with E-state index in [1.54, 1.807) is 0 Å². The highest BCUT2D eigenvalue weighted by molar-refractivity contribution is 6.13. The molecule has 0 saturated carbocycles. The molecular formula is C57H37NO. The minimum absolute atomic E-state index is 0.521. The van der Waals surface area contributed by atoms with E-state index >= 15 is 0 Å². The van der Waals surface area contributed by atoms with Gasteiger partial charge in [-0.15, -0.1) is 0 Å². The molecule has 1 aliphatic rings. The van der Waals surface area contributed by atoms with E-state index in [-0.39, 0.29) is 0 Å². The van der Waals surface area contributed by atoms with Crippen LogP contribution in [-0.2, 0) is 5.41 Å². The molecule has 1 aromatic heterocycles. The first-order valence-electron chi connectivity index (χ1n) is 20.3. The summed E-state index contributed by atoms with van der Waals surface area (Å²) in [6, 6.07) is 81.9. The van der Waals surface area contributed by atoms with Gasteiger partial charge in [0.15, 0.2) is 0 Å². The summed E-state index contributed by atoms with van der Waals surface area (Å²) in [7, 11) is 0. The summed E-state index contributed by atoms with van der Waals surface area (Å²) in [6.45, 7) is 0. The summed E-state index contributed by atoms with van der Waals surface area (Å²) >= 11 is 0. The zero-order valence-corrected chi connectivity index (χ0v) is 32.2. The van der Waals surface area contributed by atoms with Crippen molar-refractivity contribution in [2.75, 3.05) is 4.90 Å². The van der Waals surface area contributed by atoms with Gasteiger partial charge in [-0.25, -0.2) is 0 Å². The van der Waals surface area contributed by atoms with Crippen molar-refractivity contribution in [3.8, 4) is 22.3 Å². The second kappa shape index (κ2) is 13.2. The third-order valence-electron chi connectivity index (χ3n) is 12.5. The van der Waals surface area contributed by atoms with Gasteiger partial charge in [0.25, 0.3) is 0 Å². The molecule has 0 radical (unpaired) electrons. The van der Waals surface area contributed by atoms with Gasteiger partial charge in [-0.05, 0) is 121 Å². The summed E-state index contributed by atoms with van der Waals surface area (Å²) < 4.78 is 6.51. The standard InChI is InChI=1S/C57H37NO/c1-3-16-44(17-4-1)57(45-18-5-2-6-19-45)51-22-11-9-20-48(51)49-33-32-47(37-52(49)57)58(53-23-13-25-55-56(53)50-21-10-12-24-54(50)59-55)46-31-30-42-35-41(28-29-43(42)36-46)40-27-26-38-14-7-8-15-39(38)34-40/h1-37H. The number of fused-ring (bicyclic) bond motifs is 8. The summed E-state index contributed by atoms with van der Waals surface area (Å²) in [4.78, 5) is 2.44. The number of hydrogen-bond acceptors (Lipinski definition) is 2. The van der Waals surface area contributed by atoms with Crippen LogP contribution < -0.4 is 4.90 Å². The van der Waals surface area contributed by atoms with Crippen LogP contribution in [0.25, 0.3) is 65.7 Å². The fourth-order valence-electron chi connectivity index (χ4n) is 9.86. The van der Waals surface area contributed by atoms with E-state index in [1.165, 1.54) is 66.1 Å². The number of furan rings is 1. The van der Waals surface area contributed by atoms with Gasteiger partial charge in [0.05, 0.1) is 16.5 Å². The molecule has 11 aromatic rings. The summed E-state index contributed by atoms with van der Waals surface area (Å²) in [5.74, 6) is 0. The molecule has 0 saturated heterocycles. The molecule has 0 N–H and O–H groups in total. The Morgan fingerprint density at radius 2 is 0.915 bits per heavy atom. The van der Waals surface area contributed by atoms with E-state index < -0.39 is 5.41 Å². The van der Waals surface area contributed by atoms with Crippen molar-refractivity contribution in [3.05, 3.63) is 247 Å². The number of nitrogens with zero attached hydrogens (tertiary/aromatic N) is 1. The molecule has 1 aliphatic carbocycles. The van der Waals surface area contributed by atoms with Crippen molar-refractivity contribution in [1.82, 2.24) is 0 Å². The van der Waals surface area contributed by atoms with Gasteiger partial charge in [0.2, 0.25) is 0 Å². The average molecular weight is 752 g/mol. The highest BCUT2D eigenvalue weighted by Crippen LogP contribution is 2.57. The first-order valence-corrected chi connectivity index (χ1v) is 20.3. The highest BCUT2D eigenvalue weighted by Gasteiger charge is 2.46. The van der Waals surface area contributed by atoms with Crippen molar-refractivity contribution in [2.45, 2.75) is 5.41 Å². The Morgan fingerprint density at radius 1 is 0.356 bits per heavy atom. The van der Waals surface area contributed by atoms with Crippen LogP contribution in [0.1, 0.15) is 22.3 Å². The van der Waals surface area contributed by atoms with E-state index in [1.807, 2.05) is 6.07 Å². The van der Waals surface area contributed by atoms with Crippen molar-refractivity contribution in [3.63, 3.8) is 0 Å². The lowest BCUT2D eigenvalue weighted by Gasteiger charge is -2.35. The van der Waals surface area contributed by atoms with Crippen LogP contribution in [0.15, 0.2) is 229 Å². The Morgan fingerprint density at radius 3 is 1.71 bits per heavy atom. The SMILES string of the molecule is c1ccc(C2(c3ccccc3)c3ccccc3-c3ccc(N(c4ccc5cc(-c6ccc7ccccc7c6)ccc5c4)c4cccc5oc6ccccc6c45)cc32)cc1. The summed E-state index contributed by atoms with van der Waals surface area (Å²) in [5.41, 5.74) is 14.5. The molecule has 0 amide bonds. The third-order valence-corrected chi connectivity index (χ3v) is 12.5. The van der Waals surface area contributed by atoms with Crippen LogP contribution in [0.3, 0.4) is 0 Å². The van der Waals surface area contributed by atoms with Crippen molar-refractivity contribution in [1.29, 1.82) is 0 Å². The van der Waals surface area contributed by atoms with Gasteiger partial charge in [0, 0.05) is 16.8 Å². The zero-order valence-electron chi connectivity index (χ0n) is 32.2. The maximum atomic E-state index is 6.51. The smallest absolute Gasteiger partial charge is 0.137 e. The number of hydrogen-bond donors (Lipinski definition) is 0. The molecule has 0 bridgehead atoms.